The predicted molar refractivity (Wildman–Crippen MR) is 132 cm³/mol. The lowest BCUT2D eigenvalue weighted by Gasteiger charge is -2.28. The van der Waals surface area contributed by atoms with E-state index in [4.69, 9.17) is 0 Å². The van der Waals surface area contributed by atoms with E-state index in [0.29, 0.717) is 11.5 Å². The number of amides is 3. The van der Waals surface area contributed by atoms with Crippen LogP contribution in [0.15, 0.2) is 89.8 Å². The topological polar surface area (TPSA) is 109 Å². The number of hydrogen-bond donors (Lipinski definition) is 2. The van der Waals surface area contributed by atoms with Gasteiger partial charge in [0.1, 0.15) is 6.54 Å². The molecule has 0 saturated heterocycles. The zero-order valence-corrected chi connectivity index (χ0v) is 19.2. The highest BCUT2D eigenvalue weighted by Crippen LogP contribution is 2.34. The van der Waals surface area contributed by atoms with Gasteiger partial charge < -0.3 is 4.90 Å². The van der Waals surface area contributed by atoms with Crippen LogP contribution in [0.3, 0.4) is 0 Å². The highest BCUT2D eigenvalue weighted by molar-refractivity contribution is 8.00. The van der Waals surface area contributed by atoms with Gasteiger partial charge in [-0.2, -0.15) is 0 Å². The maximum absolute atomic E-state index is 12.8. The van der Waals surface area contributed by atoms with Crippen molar-refractivity contribution in [3.63, 3.8) is 0 Å². The van der Waals surface area contributed by atoms with Crippen LogP contribution in [0.2, 0.25) is 0 Å². The van der Waals surface area contributed by atoms with Crippen molar-refractivity contribution in [1.82, 2.24) is 25.6 Å². The fourth-order valence-electron chi connectivity index (χ4n) is 3.62. The Balaban J connectivity index is 1.31. The molecule has 1 aromatic heterocycles. The summed E-state index contributed by atoms with van der Waals surface area (Å²) in [5, 5.41) is 4.37. The molecule has 9 nitrogen and oxygen atoms in total. The maximum atomic E-state index is 12.8. The molecular formula is C25H20N6O3S. The van der Waals surface area contributed by atoms with Gasteiger partial charge in [0.25, 0.3) is 5.91 Å². The fourth-order valence-corrected chi connectivity index (χ4v) is 4.56. The second-order valence-electron chi connectivity index (χ2n) is 7.61. The normalized spacial score (nSPS) is 12.7. The molecule has 0 bridgehead atoms. The summed E-state index contributed by atoms with van der Waals surface area (Å²) in [4.78, 5) is 44.4. The number of nitrogens with zero attached hydrogens (tertiary/aromatic N) is 4. The van der Waals surface area contributed by atoms with E-state index < -0.39 is 11.8 Å². The molecule has 0 radical (unpaired) electrons. The van der Waals surface area contributed by atoms with E-state index in [1.54, 1.807) is 10.7 Å². The number of anilines is 1. The summed E-state index contributed by atoms with van der Waals surface area (Å²) in [6.07, 6.45) is 0. The molecule has 35 heavy (non-hydrogen) atoms. The first-order valence-corrected chi connectivity index (χ1v) is 11.8. The van der Waals surface area contributed by atoms with E-state index in [-0.39, 0.29) is 24.0 Å². The van der Waals surface area contributed by atoms with Gasteiger partial charge in [0.05, 0.1) is 17.1 Å². The van der Waals surface area contributed by atoms with Crippen LogP contribution in [0.4, 0.5) is 5.69 Å². The first-order chi connectivity index (χ1) is 17.1. The third-order valence-electron chi connectivity index (χ3n) is 5.27. The minimum atomic E-state index is -0.675. The second-order valence-corrected chi connectivity index (χ2v) is 8.63. The Kier molecular flexibility index (Phi) is 6.27. The molecular weight excluding hydrogens is 464 g/mol. The molecule has 1 aliphatic heterocycles. The van der Waals surface area contributed by atoms with Crippen molar-refractivity contribution >= 4 is 35.2 Å². The zero-order chi connectivity index (χ0) is 24.2. The van der Waals surface area contributed by atoms with Crippen LogP contribution >= 0.6 is 11.8 Å². The maximum Gasteiger partial charge on any atom is 0.309 e. The van der Waals surface area contributed by atoms with E-state index >= 15 is 0 Å². The average molecular weight is 485 g/mol. The fraction of sp³-hybridized carbons (Fsp3) is 0.0800. The van der Waals surface area contributed by atoms with Gasteiger partial charge in [-0.1, -0.05) is 60.7 Å². The molecule has 1 aliphatic rings. The van der Waals surface area contributed by atoms with E-state index in [9.17, 15) is 14.4 Å². The van der Waals surface area contributed by atoms with Gasteiger partial charge in [-0.05, 0) is 24.3 Å². The summed E-state index contributed by atoms with van der Waals surface area (Å²) < 4.78 is 1.58. The summed E-state index contributed by atoms with van der Waals surface area (Å²) in [5.74, 6) is -0.763. The Labute approximate surface area is 205 Å². The molecule has 0 atom stereocenters. The third kappa shape index (κ3) is 4.78. The first kappa shape index (κ1) is 22.4. The number of nitrogens with one attached hydrogen (secondary N) is 2. The molecule has 0 saturated carbocycles. The molecule has 4 aromatic rings. The third-order valence-corrected chi connectivity index (χ3v) is 6.32. The first-order valence-electron chi connectivity index (χ1n) is 10.8. The van der Waals surface area contributed by atoms with Crippen molar-refractivity contribution in [3.05, 3.63) is 90.8 Å². The number of carbonyl (C=O) groups excluding carboxylic acids is 3. The molecule has 2 heterocycles. The van der Waals surface area contributed by atoms with E-state index in [1.807, 2.05) is 78.9 Å². The number of fused-ring (bicyclic) bond motifs is 1. The number of para-hydroxylation sites is 2. The van der Waals surface area contributed by atoms with Gasteiger partial charge in [0, 0.05) is 10.5 Å². The van der Waals surface area contributed by atoms with Crippen molar-refractivity contribution in [1.29, 1.82) is 0 Å². The summed E-state index contributed by atoms with van der Waals surface area (Å²) in [5.41, 5.74) is 6.90. The van der Waals surface area contributed by atoms with Crippen LogP contribution in [0.25, 0.3) is 17.1 Å². The molecule has 0 spiro atoms. The zero-order valence-electron chi connectivity index (χ0n) is 18.4. The quantitative estimate of drug-likeness (QED) is 0.422. The van der Waals surface area contributed by atoms with Gasteiger partial charge in [0.2, 0.25) is 11.7 Å². The SMILES string of the molecule is O=C(CN1C(=O)CSc2ccccc21)NNC(=O)c1nc(-c2ccccc2)n(-c2ccccc2)n1. The van der Waals surface area contributed by atoms with Gasteiger partial charge in [-0.25, -0.2) is 9.67 Å². The number of hydrazine groups is 1. The minimum absolute atomic E-state index is 0.108. The molecule has 0 fully saturated rings. The molecule has 174 valence electrons. The number of rotatable bonds is 5. The smallest absolute Gasteiger partial charge is 0.301 e. The van der Waals surface area contributed by atoms with Gasteiger partial charge in [-0.3, -0.25) is 25.2 Å². The second kappa shape index (κ2) is 9.82. The molecule has 2 N–H and O–H groups in total. The number of hydrogen-bond acceptors (Lipinski definition) is 6. The van der Waals surface area contributed by atoms with Crippen LogP contribution in [0.5, 0.6) is 0 Å². The highest BCUT2D eigenvalue weighted by atomic mass is 32.2. The van der Waals surface area contributed by atoms with Crippen molar-refractivity contribution in [2.24, 2.45) is 0 Å². The van der Waals surface area contributed by atoms with E-state index in [2.05, 4.69) is 20.9 Å². The van der Waals surface area contributed by atoms with Crippen LogP contribution < -0.4 is 15.8 Å². The Morgan fingerprint density at radius 3 is 2.34 bits per heavy atom. The number of benzene rings is 3. The van der Waals surface area contributed by atoms with E-state index in [1.165, 1.54) is 16.7 Å². The van der Waals surface area contributed by atoms with E-state index in [0.717, 1.165) is 16.1 Å². The minimum Gasteiger partial charge on any atom is -0.301 e. The number of aromatic nitrogens is 3. The summed E-state index contributed by atoms with van der Waals surface area (Å²) in [6.45, 7) is -0.224. The largest absolute Gasteiger partial charge is 0.309 e. The Bertz CT molecular complexity index is 1330. The monoisotopic (exact) mass is 484 g/mol. The Morgan fingerprint density at radius 2 is 1.57 bits per heavy atom. The molecule has 0 unspecified atom stereocenters. The van der Waals surface area contributed by atoms with Crippen LogP contribution in [-0.2, 0) is 9.59 Å². The summed E-state index contributed by atoms with van der Waals surface area (Å²) >= 11 is 1.43. The van der Waals surface area contributed by atoms with Crippen molar-refractivity contribution in [3.8, 4) is 17.1 Å². The van der Waals surface area contributed by atoms with Crippen LogP contribution in [0.1, 0.15) is 10.6 Å². The highest BCUT2D eigenvalue weighted by Gasteiger charge is 2.26. The van der Waals surface area contributed by atoms with Crippen LogP contribution in [-0.4, -0.2) is 44.8 Å². The van der Waals surface area contributed by atoms with Gasteiger partial charge in [-0.15, -0.1) is 16.9 Å². The van der Waals surface area contributed by atoms with Crippen molar-refractivity contribution < 1.29 is 14.4 Å². The summed E-state index contributed by atoms with van der Waals surface area (Å²) in [6, 6.07) is 26.1. The molecule has 10 heteroatoms. The van der Waals surface area contributed by atoms with Crippen molar-refractivity contribution in [2.45, 2.75) is 4.90 Å². The standard InChI is InChI=1S/C25H20N6O3S/c32-21(15-30-19-13-7-8-14-20(19)35-16-22(30)33)27-28-25(34)23-26-24(17-9-3-1-4-10-17)31(29-23)18-11-5-2-6-12-18/h1-14H,15-16H2,(H,27,32)(H,28,34). The summed E-state index contributed by atoms with van der Waals surface area (Å²) in [7, 11) is 0. The van der Waals surface area contributed by atoms with Crippen LogP contribution in [0, 0.1) is 0 Å². The lowest BCUT2D eigenvalue weighted by atomic mass is 10.2. The molecule has 3 amide bonds. The van der Waals surface area contributed by atoms with Gasteiger partial charge >= 0.3 is 5.91 Å². The molecule has 5 rings (SSSR count). The van der Waals surface area contributed by atoms with Gasteiger partial charge in [0.15, 0.2) is 5.82 Å². The Morgan fingerprint density at radius 1 is 0.886 bits per heavy atom. The predicted octanol–water partition coefficient (Wildman–Crippen LogP) is 2.83. The number of carbonyl (C=O) groups is 3. The average Bonchev–Trinajstić information content (AvgIpc) is 3.36. The lowest BCUT2D eigenvalue weighted by Crippen LogP contribution is -2.49. The molecule has 0 aliphatic carbocycles. The number of thioether (sulfide) groups is 1. The molecule has 3 aromatic carbocycles. The Hall–Kier alpha value is -4.44. The van der Waals surface area contributed by atoms with Crippen molar-refractivity contribution in [2.75, 3.05) is 17.2 Å². The lowest BCUT2D eigenvalue weighted by molar-refractivity contribution is -0.123.